The Morgan fingerprint density at radius 3 is 2.71 bits per heavy atom. The molecule has 17 heavy (non-hydrogen) atoms. The molecule has 1 amide bonds. The van der Waals surface area contributed by atoms with Crippen molar-refractivity contribution in [3.05, 3.63) is 12.0 Å². The van der Waals surface area contributed by atoms with Crippen molar-refractivity contribution >= 4 is 12.1 Å². The van der Waals surface area contributed by atoms with Crippen molar-refractivity contribution in [3.63, 3.8) is 0 Å². The Hall–Kier alpha value is -1.72. The Labute approximate surface area is 99.7 Å². The van der Waals surface area contributed by atoms with Crippen molar-refractivity contribution in [1.82, 2.24) is 9.88 Å². The van der Waals surface area contributed by atoms with Gasteiger partial charge in [-0.05, 0) is 20.8 Å². The molecule has 0 unspecified atom stereocenters. The Kier molecular flexibility index (Phi) is 2.73. The molecule has 0 saturated carbocycles. The third kappa shape index (κ3) is 2.69. The number of amides is 1. The largest absolute Gasteiger partial charge is 0.444 e. The third-order valence-corrected chi connectivity index (χ3v) is 2.49. The molecular formula is C11H17N3O3. The molecule has 1 aliphatic heterocycles. The highest BCUT2D eigenvalue weighted by molar-refractivity contribution is 5.69. The number of rotatable bonds is 1. The van der Waals surface area contributed by atoms with Crippen LogP contribution in [0.4, 0.5) is 10.8 Å². The number of nitrogens with two attached hydrogens (primary N) is 1. The van der Waals surface area contributed by atoms with Crippen LogP contribution in [0, 0.1) is 0 Å². The van der Waals surface area contributed by atoms with Crippen LogP contribution >= 0.6 is 0 Å². The highest BCUT2D eigenvalue weighted by atomic mass is 16.6. The lowest BCUT2D eigenvalue weighted by Gasteiger charge is -2.38. The zero-order chi connectivity index (χ0) is 12.6. The molecule has 6 heteroatoms. The topological polar surface area (TPSA) is 81.6 Å². The van der Waals surface area contributed by atoms with E-state index in [-0.39, 0.29) is 18.0 Å². The monoisotopic (exact) mass is 239 g/mol. The molecule has 1 aromatic rings. The molecule has 1 saturated heterocycles. The fourth-order valence-corrected chi connectivity index (χ4v) is 1.63. The number of aromatic nitrogens is 1. The van der Waals surface area contributed by atoms with Gasteiger partial charge in [-0.3, -0.25) is 0 Å². The van der Waals surface area contributed by atoms with Gasteiger partial charge >= 0.3 is 6.09 Å². The molecule has 6 nitrogen and oxygen atoms in total. The minimum Gasteiger partial charge on any atom is -0.444 e. The Morgan fingerprint density at radius 1 is 1.59 bits per heavy atom. The fraction of sp³-hybridized carbons (Fsp3) is 0.636. The summed E-state index contributed by atoms with van der Waals surface area (Å²) < 4.78 is 10.2. The standard InChI is InChI=1S/C11H17N3O3/c1-11(2,3)17-10(15)14-4-7(5-14)8-6-16-9(12)13-8/h6-7H,4-5H2,1-3H3,(H2,12,13). The van der Waals surface area contributed by atoms with Gasteiger partial charge in [0.25, 0.3) is 6.01 Å². The van der Waals surface area contributed by atoms with Gasteiger partial charge in [0.15, 0.2) is 0 Å². The third-order valence-electron chi connectivity index (χ3n) is 2.49. The van der Waals surface area contributed by atoms with Gasteiger partial charge in [0.05, 0.1) is 5.69 Å². The maximum absolute atomic E-state index is 11.7. The minimum absolute atomic E-state index is 0.163. The first-order valence-corrected chi connectivity index (χ1v) is 5.54. The molecule has 0 radical (unpaired) electrons. The van der Waals surface area contributed by atoms with Crippen LogP contribution in [0.3, 0.4) is 0 Å². The number of likely N-dealkylation sites (tertiary alicyclic amines) is 1. The summed E-state index contributed by atoms with van der Waals surface area (Å²) >= 11 is 0. The minimum atomic E-state index is -0.458. The van der Waals surface area contributed by atoms with Gasteiger partial charge in [-0.2, -0.15) is 4.98 Å². The van der Waals surface area contributed by atoms with Crippen molar-refractivity contribution in [2.24, 2.45) is 0 Å². The van der Waals surface area contributed by atoms with Gasteiger partial charge in [0.1, 0.15) is 11.9 Å². The van der Waals surface area contributed by atoms with Crippen molar-refractivity contribution in [3.8, 4) is 0 Å². The first kappa shape index (κ1) is 11.8. The van der Waals surface area contributed by atoms with E-state index in [1.54, 1.807) is 4.90 Å². The Bertz CT molecular complexity index is 416. The zero-order valence-electron chi connectivity index (χ0n) is 10.3. The van der Waals surface area contributed by atoms with Gasteiger partial charge < -0.3 is 19.8 Å². The molecule has 2 rings (SSSR count). The van der Waals surface area contributed by atoms with Gasteiger partial charge in [0, 0.05) is 19.0 Å². The van der Waals surface area contributed by atoms with Crippen LogP contribution in [-0.4, -0.2) is 34.7 Å². The number of hydrogen-bond acceptors (Lipinski definition) is 5. The summed E-state index contributed by atoms with van der Waals surface area (Å²) in [5, 5.41) is 0. The van der Waals surface area contributed by atoms with Crippen LogP contribution in [0.25, 0.3) is 0 Å². The summed E-state index contributed by atoms with van der Waals surface area (Å²) in [4.78, 5) is 17.3. The maximum atomic E-state index is 11.7. The second-order valence-corrected chi connectivity index (χ2v) is 5.19. The highest BCUT2D eigenvalue weighted by Gasteiger charge is 2.36. The number of nitrogen functional groups attached to an aromatic ring is 1. The lowest BCUT2D eigenvalue weighted by molar-refractivity contribution is 0.00786. The zero-order valence-corrected chi connectivity index (χ0v) is 10.3. The first-order chi connectivity index (χ1) is 7.85. The lowest BCUT2D eigenvalue weighted by Crippen LogP contribution is -2.50. The highest BCUT2D eigenvalue weighted by Crippen LogP contribution is 2.28. The Balaban J connectivity index is 1.85. The quantitative estimate of drug-likeness (QED) is 0.804. The smallest absolute Gasteiger partial charge is 0.410 e. The normalized spacial score (nSPS) is 16.8. The van der Waals surface area contributed by atoms with Crippen LogP contribution in [0.5, 0.6) is 0 Å². The molecular weight excluding hydrogens is 222 g/mol. The van der Waals surface area contributed by atoms with Crippen molar-refractivity contribution in [1.29, 1.82) is 0 Å². The van der Waals surface area contributed by atoms with Crippen LogP contribution in [0.2, 0.25) is 0 Å². The van der Waals surface area contributed by atoms with Crippen molar-refractivity contribution in [2.45, 2.75) is 32.3 Å². The van der Waals surface area contributed by atoms with E-state index >= 15 is 0 Å². The van der Waals surface area contributed by atoms with Crippen molar-refractivity contribution < 1.29 is 13.9 Å². The summed E-state index contributed by atoms with van der Waals surface area (Å²) in [6, 6.07) is 0.163. The van der Waals surface area contributed by atoms with Crippen LogP contribution < -0.4 is 5.73 Å². The average Bonchev–Trinajstić information content (AvgIpc) is 2.45. The van der Waals surface area contributed by atoms with E-state index in [1.165, 1.54) is 6.26 Å². The van der Waals surface area contributed by atoms with Crippen molar-refractivity contribution in [2.75, 3.05) is 18.8 Å². The average molecular weight is 239 g/mol. The number of ether oxygens (including phenoxy) is 1. The van der Waals surface area contributed by atoms with Crippen LogP contribution in [-0.2, 0) is 4.74 Å². The summed E-state index contributed by atoms with van der Waals surface area (Å²) in [7, 11) is 0. The van der Waals surface area contributed by atoms with Gasteiger partial charge in [-0.1, -0.05) is 0 Å². The van der Waals surface area contributed by atoms with E-state index in [4.69, 9.17) is 14.9 Å². The van der Waals surface area contributed by atoms with Gasteiger partial charge in [0.2, 0.25) is 0 Å². The molecule has 0 spiro atoms. The molecule has 0 atom stereocenters. The predicted octanol–water partition coefficient (Wildman–Crippen LogP) is 1.59. The molecule has 94 valence electrons. The molecule has 0 aliphatic carbocycles. The number of oxazole rings is 1. The predicted molar refractivity (Wildman–Crippen MR) is 61.5 cm³/mol. The number of nitrogens with zero attached hydrogens (tertiary/aromatic N) is 2. The van der Waals surface area contributed by atoms with Gasteiger partial charge in [-0.25, -0.2) is 4.79 Å². The van der Waals surface area contributed by atoms with Crippen LogP contribution in [0.1, 0.15) is 32.4 Å². The van der Waals surface area contributed by atoms with E-state index in [0.717, 1.165) is 5.69 Å². The first-order valence-electron chi connectivity index (χ1n) is 5.54. The number of hydrogen-bond donors (Lipinski definition) is 1. The number of carbonyl (C=O) groups excluding carboxylic acids is 1. The second-order valence-electron chi connectivity index (χ2n) is 5.19. The molecule has 1 fully saturated rings. The van der Waals surface area contributed by atoms with Crippen LogP contribution in [0.15, 0.2) is 10.7 Å². The molecule has 0 aromatic carbocycles. The number of anilines is 1. The molecule has 1 aliphatic rings. The van der Waals surface area contributed by atoms with Gasteiger partial charge in [-0.15, -0.1) is 0 Å². The SMILES string of the molecule is CC(C)(C)OC(=O)N1CC(c2coc(N)n2)C1. The summed E-state index contributed by atoms with van der Waals surface area (Å²) in [5.41, 5.74) is 5.73. The molecule has 2 heterocycles. The van der Waals surface area contributed by atoms with E-state index in [9.17, 15) is 4.79 Å². The molecule has 2 N–H and O–H groups in total. The van der Waals surface area contributed by atoms with E-state index < -0.39 is 5.60 Å². The summed E-state index contributed by atoms with van der Waals surface area (Å²) in [6.07, 6.45) is 1.25. The molecule has 0 bridgehead atoms. The Morgan fingerprint density at radius 2 is 2.24 bits per heavy atom. The molecule has 1 aromatic heterocycles. The van der Waals surface area contributed by atoms with E-state index in [1.807, 2.05) is 20.8 Å². The van der Waals surface area contributed by atoms with E-state index in [0.29, 0.717) is 13.1 Å². The summed E-state index contributed by atoms with van der Waals surface area (Å²) in [5.74, 6) is 0.198. The fourth-order valence-electron chi connectivity index (χ4n) is 1.63. The second kappa shape index (κ2) is 3.94. The summed E-state index contributed by atoms with van der Waals surface area (Å²) in [6.45, 7) is 6.74. The number of carbonyl (C=O) groups is 1. The maximum Gasteiger partial charge on any atom is 0.410 e. The van der Waals surface area contributed by atoms with E-state index in [2.05, 4.69) is 4.98 Å². The lowest BCUT2D eigenvalue weighted by atomic mass is 9.98.